The van der Waals surface area contributed by atoms with Crippen molar-refractivity contribution in [2.45, 2.75) is 0 Å². The first-order valence-electron chi connectivity index (χ1n) is 5.45. The molecule has 0 amide bonds. The fourth-order valence-corrected chi connectivity index (χ4v) is 2.14. The second kappa shape index (κ2) is 5.80. The van der Waals surface area contributed by atoms with Crippen molar-refractivity contribution in [3.05, 3.63) is 47.1 Å². The zero-order valence-electron chi connectivity index (χ0n) is 9.36. The van der Waals surface area contributed by atoms with Crippen LogP contribution in [0.1, 0.15) is 0 Å². The number of anilines is 1. The molecule has 0 spiro atoms. The number of benzene rings is 1. The highest BCUT2D eigenvalue weighted by Gasteiger charge is 2.02. The molecule has 3 N–H and O–H groups in total. The fourth-order valence-electron chi connectivity index (χ4n) is 1.64. The van der Waals surface area contributed by atoms with Gasteiger partial charge in [-0.2, -0.15) is 0 Å². The van der Waals surface area contributed by atoms with Gasteiger partial charge in [0, 0.05) is 34.5 Å². The average molecular weight is 292 g/mol. The van der Waals surface area contributed by atoms with E-state index in [-0.39, 0.29) is 0 Å². The maximum atomic E-state index is 5.38. The molecule has 0 aliphatic heterocycles. The highest BCUT2D eigenvalue weighted by atomic mass is 79.9. The highest BCUT2D eigenvalue weighted by molar-refractivity contribution is 9.10. The zero-order chi connectivity index (χ0) is 12.1. The number of rotatable bonds is 4. The Bertz CT molecular complexity index is 537. The van der Waals surface area contributed by atoms with Crippen molar-refractivity contribution in [1.82, 2.24) is 4.98 Å². The molecular weight excluding hydrogens is 278 g/mol. The first-order valence-corrected chi connectivity index (χ1v) is 6.24. The molecule has 0 unspecified atom stereocenters. The smallest absolute Gasteiger partial charge is 0.134 e. The third kappa shape index (κ3) is 2.84. The van der Waals surface area contributed by atoms with E-state index in [9.17, 15) is 0 Å². The molecule has 4 heteroatoms. The predicted molar refractivity (Wildman–Crippen MR) is 76.1 cm³/mol. The molecule has 0 aliphatic carbocycles. The maximum absolute atomic E-state index is 5.38. The summed E-state index contributed by atoms with van der Waals surface area (Å²) in [4.78, 5) is 4.35. The molecule has 0 saturated carbocycles. The lowest BCUT2D eigenvalue weighted by Crippen LogP contribution is -2.02. The summed E-state index contributed by atoms with van der Waals surface area (Å²) in [6.07, 6.45) is 5.73. The zero-order valence-corrected chi connectivity index (χ0v) is 10.9. The van der Waals surface area contributed by atoms with Crippen molar-refractivity contribution in [3.8, 4) is 0 Å². The molecule has 0 bridgehead atoms. The van der Waals surface area contributed by atoms with Crippen LogP contribution in [0.5, 0.6) is 0 Å². The summed E-state index contributed by atoms with van der Waals surface area (Å²) in [6, 6.07) is 8.10. The molecule has 0 saturated heterocycles. The minimum atomic E-state index is 0.566. The van der Waals surface area contributed by atoms with Gasteiger partial charge in [0.05, 0.1) is 0 Å². The molecule has 0 atom stereocenters. The summed E-state index contributed by atoms with van der Waals surface area (Å²) in [6.45, 7) is 1.30. The lowest BCUT2D eigenvalue weighted by molar-refractivity contribution is 1.21. The van der Waals surface area contributed by atoms with Crippen molar-refractivity contribution >= 4 is 32.5 Å². The lowest BCUT2D eigenvalue weighted by atomic mass is 10.1. The molecule has 2 rings (SSSR count). The van der Waals surface area contributed by atoms with E-state index in [0.717, 1.165) is 27.6 Å². The van der Waals surface area contributed by atoms with Gasteiger partial charge in [0.1, 0.15) is 5.82 Å². The van der Waals surface area contributed by atoms with Gasteiger partial charge in [-0.05, 0) is 12.1 Å². The number of nitrogens with one attached hydrogen (secondary N) is 1. The van der Waals surface area contributed by atoms with Gasteiger partial charge < -0.3 is 11.1 Å². The van der Waals surface area contributed by atoms with Crippen LogP contribution in [0.15, 0.2) is 47.1 Å². The molecule has 0 fully saturated rings. The molecule has 17 heavy (non-hydrogen) atoms. The molecule has 1 aromatic carbocycles. The van der Waals surface area contributed by atoms with E-state index in [1.54, 1.807) is 0 Å². The Balaban J connectivity index is 2.28. The minimum absolute atomic E-state index is 0.566. The summed E-state index contributed by atoms with van der Waals surface area (Å²) >= 11 is 3.54. The van der Waals surface area contributed by atoms with Crippen LogP contribution in [0.3, 0.4) is 0 Å². The topological polar surface area (TPSA) is 50.9 Å². The number of aromatic nitrogens is 1. The molecule has 3 nitrogen and oxygen atoms in total. The molecule has 1 aromatic heterocycles. The SMILES string of the molecule is NC/C=C/CNc1nccc2c(Br)cccc12. The van der Waals surface area contributed by atoms with Crippen molar-refractivity contribution in [2.24, 2.45) is 5.73 Å². The van der Waals surface area contributed by atoms with Crippen LogP contribution in [0, 0.1) is 0 Å². The molecule has 88 valence electrons. The third-order valence-corrected chi connectivity index (χ3v) is 3.13. The largest absolute Gasteiger partial charge is 0.366 e. The Labute approximate surface area is 109 Å². The fraction of sp³-hybridized carbons (Fsp3) is 0.154. The van der Waals surface area contributed by atoms with Crippen LogP contribution in [-0.2, 0) is 0 Å². The number of pyridine rings is 1. The second-order valence-electron chi connectivity index (χ2n) is 3.58. The first kappa shape index (κ1) is 12.1. The van der Waals surface area contributed by atoms with Gasteiger partial charge in [0.15, 0.2) is 0 Å². The minimum Gasteiger partial charge on any atom is -0.366 e. The van der Waals surface area contributed by atoms with E-state index in [0.29, 0.717) is 6.54 Å². The Kier molecular flexibility index (Phi) is 4.12. The van der Waals surface area contributed by atoms with Crippen molar-refractivity contribution in [3.63, 3.8) is 0 Å². The Morgan fingerprint density at radius 1 is 1.24 bits per heavy atom. The van der Waals surface area contributed by atoms with Gasteiger partial charge in [-0.15, -0.1) is 0 Å². The Morgan fingerprint density at radius 2 is 2.12 bits per heavy atom. The second-order valence-corrected chi connectivity index (χ2v) is 4.44. The molecular formula is C13H14BrN3. The standard InChI is InChI=1S/C13H14BrN3/c14-12-5-3-4-11-10(12)6-9-17-13(11)16-8-2-1-7-15/h1-6,9H,7-8,15H2,(H,16,17)/b2-1+. The lowest BCUT2D eigenvalue weighted by Gasteiger charge is -2.07. The van der Waals surface area contributed by atoms with E-state index < -0.39 is 0 Å². The monoisotopic (exact) mass is 291 g/mol. The number of fused-ring (bicyclic) bond motifs is 1. The molecule has 0 aliphatic rings. The van der Waals surface area contributed by atoms with Gasteiger partial charge >= 0.3 is 0 Å². The van der Waals surface area contributed by atoms with Crippen LogP contribution in [0.25, 0.3) is 10.8 Å². The first-order chi connectivity index (χ1) is 8.33. The Morgan fingerprint density at radius 3 is 2.94 bits per heavy atom. The van der Waals surface area contributed by atoms with E-state index in [2.05, 4.69) is 32.3 Å². The van der Waals surface area contributed by atoms with Crippen LogP contribution in [0.4, 0.5) is 5.82 Å². The van der Waals surface area contributed by atoms with E-state index in [1.165, 1.54) is 0 Å². The van der Waals surface area contributed by atoms with Crippen LogP contribution < -0.4 is 11.1 Å². The van der Waals surface area contributed by atoms with Gasteiger partial charge in [0.2, 0.25) is 0 Å². The van der Waals surface area contributed by atoms with E-state index in [1.807, 2.05) is 36.5 Å². The summed E-state index contributed by atoms with van der Waals surface area (Å²) in [7, 11) is 0. The third-order valence-electron chi connectivity index (χ3n) is 2.44. The predicted octanol–water partition coefficient (Wildman–Crippen LogP) is 2.92. The molecule has 0 radical (unpaired) electrons. The molecule has 1 heterocycles. The van der Waals surface area contributed by atoms with Gasteiger partial charge in [-0.1, -0.05) is 40.2 Å². The van der Waals surface area contributed by atoms with Crippen molar-refractivity contribution < 1.29 is 0 Å². The number of nitrogens with two attached hydrogens (primary N) is 1. The Hall–Kier alpha value is -1.39. The van der Waals surface area contributed by atoms with Crippen molar-refractivity contribution in [2.75, 3.05) is 18.4 Å². The summed E-state index contributed by atoms with van der Waals surface area (Å²) in [5, 5.41) is 5.55. The van der Waals surface area contributed by atoms with Gasteiger partial charge in [0.25, 0.3) is 0 Å². The van der Waals surface area contributed by atoms with Gasteiger partial charge in [-0.3, -0.25) is 0 Å². The average Bonchev–Trinajstić information content (AvgIpc) is 2.36. The summed E-state index contributed by atoms with van der Waals surface area (Å²) < 4.78 is 1.08. The number of hydrogen-bond acceptors (Lipinski definition) is 3. The van der Waals surface area contributed by atoms with E-state index >= 15 is 0 Å². The van der Waals surface area contributed by atoms with Crippen molar-refractivity contribution in [1.29, 1.82) is 0 Å². The van der Waals surface area contributed by atoms with Crippen LogP contribution in [-0.4, -0.2) is 18.1 Å². The number of halogens is 1. The number of nitrogens with zero attached hydrogens (tertiary/aromatic N) is 1. The van der Waals surface area contributed by atoms with Crippen LogP contribution >= 0.6 is 15.9 Å². The normalized spacial score (nSPS) is 11.2. The van der Waals surface area contributed by atoms with Crippen LogP contribution in [0.2, 0.25) is 0 Å². The maximum Gasteiger partial charge on any atom is 0.134 e. The summed E-state index contributed by atoms with van der Waals surface area (Å²) in [5.41, 5.74) is 5.38. The van der Waals surface area contributed by atoms with E-state index in [4.69, 9.17) is 5.73 Å². The highest BCUT2D eigenvalue weighted by Crippen LogP contribution is 2.27. The number of hydrogen-bond donors (Lipinski definition) is 2. The van der Waals surface area contributed by atoms with Gasteiger partial charge in [-0.25, -0.2) is 4.98 Å². The molecule has 2 aromatic rings. The summed E-state index contributed by atoms with van der Waals surface area (Å²) in [5.74, 6) is 0.894. The quantitative estimate of drug-likeness (QED) is 0.852.